The molecule has 3 aromatic rings. The number of hydrogen-bond donors (Lipinski definition) is 2. The van der Waals surface area contributed by atoms with E-state index in [1.54, 1.807) is 37.3 Å². The SMILES string of the molecule is C=C(C)c1c(NCc2cc(OC)ncn2)ncc(C(=O)Nc2ccc(Cl)cc2)c1Cl.CC.CC. The van der Waals surface area contributed by atoms with Gasteiger partial charge in [0.05, 0.1) is 29.9 Å². The molecule has 34 heavy (non-hydrogen) atoms. The number of rotatable bonds is 7. The summed E-state index contributed by atoms with van der Waals surface area (Å²) in [6, 6.07) is 8.49. The zero-order chi connectivity index (χ0) is 25.7. The molecule has 0 spiro atoms. The first-order chi connectivity index (χ1) is 16.4. The van der Waals surface area contributed by atoms with E-state index in [0.29, 0.717) is 45.8 Å². The molecule has 0 saturated heterocycles. The molecule has 182 valence electrons. The van der Waals surface area contributed by atoms with Crippen molar-refractivity contribution in [2.24, 2.45) is 0 Å². The Morgan fingerprint density at radius 3 is 2.29 bits per heavy atom. The first-order valence-corrected chi connectivity index (χ1v) is 11.6. The minimum absolute atomic E-state index is 0.235. The highest BCUT2D eigenvalue weighted by atomic mass is 35.5. The van der Waals surface area contributed by atoms with Crippen molar-refractivity contribution < 1.29 is 9.53 Å². The summed E-state index contributed by atoms with van der Waals surface area (Å²) in [4.78, 5) is 25.3. The molecule has 0 aliphatic heterocycles. The van der Waals surface area contributed by atoms with Crippen LogP contribution < -0.4 is 15.4 Å². The Kier molecular flexibility index (Phi) is 12.6. The van der Waals surface area contributed by atoms with Gasteiger partial charge in [-0.2, -0.15) is 0 Å². The molecule has 2 heterocycles. The van der Waals surface area contributed by atoms with Crippen LogP contribution in [0.5, 0.6) is 5.88 Å². The van der Waals surface area contributed by atoms with Gasteiger partial charge < -0.3 is 15.4 Å². The zero-order valence-corrected chi connectivity index (χ0v) is 21.9. The van der Waals surface area contributed by atoms with E-state index >= 15 is 0 Å². The Hall–Kier alpha value is -3.16. The number of anilines is 2. The number of aromatic nitrogens is 3. The number of hydrogen-bond acceptors (Lipinski definition) is 6. The molecular formula is C25H31Cl2N5O2. The van der Waals surface area contributed by atoms with Crippen LogP contribution in [0.25, 0.3) is 5.57 Å². The summed E-state index contributed by atoms with van der Waals surface area (Å²) < 4.78 is 5.10. The van der Waals surface area contributed by atoms with Gasteiger partial charge in [0.1, 0.15) is 12.1 Å². The standard InChI is InChI=1S/C21H19Cl2N5O2.2C2H6/c1-12(2)18-19(23)16(21(29)28-14-6-4-13(22)5-7-14)10-25-20(18)24-9-15-8-17(30-3)27-11-26-15;2*1-2/h4-8,10-11H,1,9H2,2-3H3,(H,24,25)(H,28,29);2*1-2H3. The van der Waals surface area contributed by atoms with Crippen molar-refractivity contribution in [1.82, 2.24) is 15.0 Å². The lowest BCUT2D eigenvalue weighted by Gasteiger charge is -2.15. The van der Waals surface area contributed by atoms with Crippen LogP contribution in [0, 0.1) is 0 Å². The smallest absolute Gasteiger partial charge is 0.258 e. The first-order valence-electron chi connectivity index (χ1n) is 10.9. The predicted molar refractivity (Wildman–Crippen MR) is 142 cm³/mol. The van der Waals surface area contributed by atoms with Crippen molar-refractivity contribution >= 4 is 46.2 Å². The fourth-order valence-electron chi connectivity index (χ4n) is 2.66. The van der Waals surface area contributed by atoms with E-state index in [9.17, 15) is 4.79 Å². The van der Waals surface area contributed by atoms with Crippen molar-refractivity contribution in [3.8, 4) is 5.88 Å². The van der Waals surface area contributed by atoms with E-state index in [2.05, 4.69) is 32.2 Å². The third-order valence-electron chi connectivity index (χ3n) is 4.13. The quantitative estimate of drug-likeness (QED) is 0.356. The van der Waals surface area contributed by atoms with Gasteiger partial charge in [0.25, 0.3) is 5.91 Å². The molecule has 0 aliphatic rings. The third-order valence-corrected chi connectivity index (χ3v) is 4.78. The number of methoxy groups -OCH3 is 1. The zero-order valence-electron chi connectivity index (χ0n) is 20.4. The summed E-state index contributed by atoms with van der Waals surface area (Å²) in [7, 11) is 1.54. The lowest BCUT2D eigenvalue weighted by molar-refractivity contribution is 0.102. The van der Waals surface area contributed by atoms with Crippen LogP contribution in [0.4, 0.5) is 11.5 Å². The molecule has 1 aromatic carbocycles. The largest absolute Gasteiger partial charge is 0.481 e. The van der Waals surface area contributed by atoms with Gasteiger partial charge in [-0.1, -0.05) is 57.5 Å². The van der Waals surface area contributed by atoms with Crippen LogP contribution in [0.3, 0.4) is 0 Å². The fourth-order valence-corrected chi connectivity index (χ4v) is 3.17. The second kappa shape index (κ2) is 14.9. The van der Waals surface area contributed by atoms with Crippen LogP contribution in [0.2, 0.25) is 10.0 Å². The van der Waals surface area contributed by atoms with Gasteiger partial charge in [-0.05, 0) is 36.8 Å². The number of pyridine rings is 1. The lowest BCUT2D eigenvalue weighted by Crippen LogP contribution is -2.15. The van der Waals surface area contributed by atoms with Crippen LogP contribution in [0.15, 0.2) is 49.4 Å². The molecule has 2 N–H and O–H groups in total. The summed E-state index contributed by atoms with van der Waals surface area (Å²) in [6.45, 7) is 14.1. The van der Waals surface area contributed by atoms with E-state index in [4.69, 9.17) is 27.9 Å². The average Bonchev–Trinajstić information content (AvgIpc) is 2.86. The second-order valence-electron chi connectivity index (χ2n) is 6.36. The Bertz CT molecular complexity index is 1090. The highest BCUT2D eigenvalue weighted by Gasteiger charge is 2.19. The first kappa shape index (κ1) is 28.9. The number of nitrogens with one attached hydrogen (secondary N) is 2. The molecule has 9 heteroatoms. The number of benzene rings is 1. The monoisotopic (exact) mass is 503 g/mol. The molecule has 0 bridgehead atoms. The highest BCUT2D eigenvalue weighted by molar-refractivity contribution is 6.36. The maximum absolute atomic E-state index is 12.7. The fraction of sp³-hybridized carbons (Fsp3) is 0.280. The number of carbonyl (C=O) groups is 1. The van der Waals surface area contributed by atoms with E-state index in [-0.39, 0.29) is 16.5 Å². The Labute approximate surface area is 211 Å². The third kappa shape index (κ3) is 8.01. The van der Waals surface area contributed by atoms with E-state index in [1.165, 1.54) is 19.6 Å². The van der Waals surface area contributed by atoms with Gasteiger partial charge in [0, 0.05) is 28.5 Å². The maximum atomic E-state index is 12.7. The van der Waals surface area contributed by atoms with Gasteiger partial charge in [-0.15, -0.1) is 0 Å². The molecule has 2 aromatic heterocycles. The molecule has 0 radical (unpaired) electrons. The number of carbonyl (C=O) groups excluding carboxylic acids is 1. The van der Waals surface area contributed by atoms with Gasteiger partial charge in [0.15, 0.2) is 0 Å². The molecule has 0 atom stereocenters. The van der Waals surface area contributed by atoms with Crippen LogP contribution in [-0.2, 0) is 6.54 Å². The molecule has 7 nitrogen and oxygen atoms in total. The van der Waals surface area contributed by atoms with Crippen LogP contribution in [-0.4, -0.2) is 28.0 Å². The van der Waals surface area contributed by atoms with Crippen LogP contribution in [0.1, 0.15) is 56.2 Å². The number of allylic oxidation sites excluding steroid dienone is 1. The van der Waals surface area contributed by atoms with Crippen molar-refractivity contribution in [2.45, 2.75) is 41.2 Å². The Morgan fingerprint density at radius 2 is 1.71 bits per heavy atom. The average molecular weight is 504 g/mol. The van der Waals surface area contributed by atoms with Gasteiger partial charge in [-0.25, -0.2) is 15.0 Å². The van der Waals surface area contributed by atoms with Crippen molar-refractivity contribution in [2.75, 3.05) is 17.7 Å². The molecule has 0 unspecified atom stereocenters. The summed E-state index contributed by atoms with van der Waals surface area (Å²) >= 11 is 12.4. The number of nitrogens with zero attached hydrogens (tertiary/aromatic N) is 3. The summed E-state index contributed by atoms with van der Waals surface area (Å²) in [5, 5.41) is 6.79. The topological polar surface area (TPSA) is 89.0 Å². The maximum Gasteiger partial charge on any atom is 0.258 e. The minimum atomic E-state index is -0.385. The molecule has 0 fully saturated rings. The molecule has 3 rings (SSSR count). The highest BCUT2D eigenvalue weighted by Crippen LogP contribution is 2.32. The number of amides is 1. The van der Waals surface area contributed by atoms with Gasteiger partial charge >= 0.3 is 0 Å². The van der Waals surface area contributed by atoms with Gasteiger partial charge in [-0.3, -0.25) is 4.79 Å². The molecule has 1 amide bonds. The second-order valence-corrected chi connectivity index (χ2v) is 7.17. The number of ether oxygens (including phenoxy) is 1. The van der Waals surface area contributed by atoms with E-state index < -0.39 is 0 Å². The van der Waals surface area contributed by atoms with Crippen LogP contribution >= 0.6 is 23.2 Å². The van der Waals surface area contributed by atoms with E-state index in [0.717, 1.165) is 0 Å². The predicted octanol–water partition coefficient (Wildman–Crippen LogP) is 7.14. The normalized spacial score (nSPS) is 9.53. The summed E-state index contributed by atoms with van der Waals surface area (Å²) in [6.07, 6.45) is 2.84. The van der Waals surface area contributed by atoms with Gasteiger partial charge in [0.2, 0.25) is 5.88 Å². The van der Waals surface area contributed by atoms with Crippen molar-refractivity contribution in [1.29, 1.82) is 0 Å². The molecule has 0 saturated carbocycles. The summed E-state index contributed by atoms with van der Waals surface area (Å²) in [5.74, 6) is 0.569. The Balaban J connectivity index is 0.00000137. The van der Waals surface area contributed by atoms with Crippen molar-refractivity contribution in [3.63, 3.8) is 0 Å². The number of halogens is 2. The Morgan fingerprint density at radius 1 is 1.06 bits per heavy atom. The van der Waals surface area contributed by atoms with E-state index in [1.807, 2.05) is 27.7 Å². The summed E-state index contributed by atoms with van der Waals surface area (Å²) in [5.41, 5.74) is 2.76. The molecule has 0 aliphatic carbocycles. The minimum Gasteiger partial charge on any atom is -0.481 e. The van der Waals surface area contributed by atoms with Crippen molar-refractivity contribution in [3.05, 3.63) is 76.3 Å². The molecular weight excluding hydrogens is 473 g/mol. The lowest BCUT2D eigenvalue weighted by atomic mass is 10.1.